The third kappa shape index (κ3) is 4.51. The number of nitrogens with zero attached hydrogens (tertiary/aromatic N) is 2. The summed E-state index contributed by atoms with van der Waals surface area (Å²) in [4.78, 5) is 28.1. The maximum absolute atomic E-state index is 13.3. The van der Waals surface area contributed by atoms with Gasteiger partial charge in [-0.2, -0.15) is 0 Å². The molecule has 1 aromatic carbocycles. The molecule has 1 atom stereocenters. The van der Waals surface area contributed by atoms with Crippen molar-refractivity contribution < 1.29 is 14.0 Å². The molecule has 1 heterocycles. The summed E-state index contributed by atoms with van der Waals surface area (Å²) in [7, 11) is 0. The molecule has 0 aliphatic carbocycles. The lowest BCUT2D eigenvalue weighted by molar-refractivity contribution is -0.132. The van der Waals surface area contributed by atoms with Crippen molar-refractivity contribution in [3.05, 3.63) is 35.6 Å². The van der Waals surface area contributed by atoms with Crippen molar-refractivity contribution in [2.75, 3.05) is 26.2 Å². The first-order chi connectivity index (χ1) is 11.0. The number of hydrogen-bond acceptors (Lipinski definition) is 3. The van der Waals surface area contributed by atoms with Crippen molar-refractivity contribution >= 4 is 11.8 Å². The minimum absolute atomic E-state index is 0.0492. The molecule has 1 aromatic rings. The van der Waals surface area contributed by atoms with Crippen molar-refractivity contribution in [1.82, 2.24) is 9.80 Å². The van der Waals surface area contributed by atoms with Crippen LogP contribution >= 0.6 is 0 Å². The fourth-order valence-electron chi connectivity index (χ4n) is 2.81. The van der Waals surface area contributed by atoms with E-state index in [1.54, 1.807) is 15.9 Å². The van der Waals surface area contributed by atoms with E-state index >= 15 is 0 Å². The topological polar surface area (TPSA) is 66.6 Å². The smallest absolute Gasteiger partial charge is 0.254 e. The molecule has 0 aromatic heterocycles. The second kappa shape index (κ2) is 8.06. The molecule has 1 fully saturated rings. The molecule has 1 unspecified atom stereocenters. The number of carbonyl (C=O) groups is 2. The van der Waals surface area contributed by atoms with Gasteiger partial charge < -0.3 is 15.5 Å². The van der Waals surface area contributed by atoms with Crippen LogP contribution < -0.4 is 5.73 Å². The summed E-state index contributed by atoms with van der Waals surface area (Å²) in [6.07, 6.45) is 2.23. The standard InChI is InChI=1S/C17H24FN3O2/c1-2-5-15(19)17(23)21-9-4-8-20(10-11-21)16(22)13-6-3-7-14(18)12-13/h3,6-7,12,15H,2,4-5,8-11,19H2,1H3. The highest BCUT2D eigenvalue weighted by Crippen LogP contribution is 2.12. The number of halogens is 1. The first kappa shape index (κ1) is 17.4. The number of hydrogen-bond donors (Lipinski definition) is 1. The number of amides is 2. The van der Waals surface area contributed by atoms with Gasteiger partial charge in [-0.1, -0.05) is 19.4 Å². The van der Waals surface area contributed by atoms with Gasteiger partial charge in [0.1, 0.15) is 5.82 Å². The molecule has 0 radical (unpaired) electrons. The third-order valence-corrected chi connectivity index (χ3v) is 4.08. The van der Waals surface area contributed by atoms with E-state index in [4.69, 9.17) is 5.73 Å². The lowest BCUT2D eigenvalue weighted by atomic mass is 10.1. The van der Waals surface area contributed by atoms with Crippen LogP contribution in [0.5, 0.6) is 0 Å². The molecule has 0 bridgehead atoms. The highest BCUT2D eigenvalue weighted by atomic mass is 19.1. The Morgan fingerprint density at radius 3 is 2.61 bits per heavy atom. The van der Waals surface area contributed by atoms with E-state index in [9.17, 15) is 14.0 Å². The Kier molecular flexibility index (Phi) is 6.10. The van der Waals surface area contributed by atoms with E-state index < -0.39 is 11.9 Å². The number of nitrogens with two attached hydrogens (primary N) is 1. The highest BCUT2D eigenvalue weighted by Gasteiger charge is 2.25. The van der Waals surface area contributed by atoms with Crippen LogP contribution in [-0.4, -0.2) is 53.8 Å². The SMILES string of the molecule is CCCC(N)C(=O)N1CCCN(C(=O)c2cccc(F)c2)CC1. The van der Waals surface area contributed by atoms with E-state index in [0.717, 1.165) is 6.42 Å². The van der Waals surface area contributed by atoms with Crippen molar-refractivity contribution in [1.29, 1.82) is 0 Å². The molecule has 2 N–H and O–H groups in total. The van der Waals surface area contributed by atoms with Gasteiger partial charge in [-0.3, -0.25) is 9.59 Å². The minimum Gasteiger partial charge on any atom is -0.340 e. The molecule has 1 saturated heterocycles. The molecule has 2 amide bonds. The number of carbonyl (C=O) groups excluding carboxylic acids is 2. The van der Waals surface area contributed by atoms with Crippen LogP contribution in [0.3, 0.4) is 0 Å². The number of rotatable bonds is 4. The average molecular weight is 321 g/mol. The van der Waals surface area contributed by atoms with Crippen molar-refractivity contribution in [3.8, 4) is 0 Å². The van der Waals surface area contributed by atoms with E-state index in [2.05, 4.69) is 0 Å². The molecular weight excluding hydrogens is 297 g/mol. The molecule has 126 valence electrons. The second-order valence-electron chi connectivity index (χ2n) is 5.88. The van der Waals surface area contributed by atoms with Crippen LogP contribution in [0.25, 0.3) is 0 Å². The molecule has 1 aliphatic rings. The molecule has 1 aliphatic heterocycles. The van der Waals surface area contributed by atoms with E-state index in [-0.39, 0.29) is 11.8 Å². The lowest BCUT2D eigenvalue weighted by Crippen LogP contribution is -2.45. The first-order valence-corrected chi connectivity index (χ1v) is 8.12. The molecule has 23 heavy (non-hydrogen) atoms. The van der Waals surface area contributed by atoms with Crippen LogP contribution in [0.1, 0.15) is 36.5 Å². The molecule has 0 saturated carbocycles. The summed E-state index contributed by atoms with van der Waals surface area (Å²) in [5.74, 6) is -0.670. The van der Waals surface area contributed by atoms with Gasteiger partial charge in [0.25, 0.3) is 5.91 Å². The molecule has 0 spiro atoms. The predicted molar refractivity (Wildman–Crippen MR) is 86.4 cm³/mol. The fourth-order valence-corrected chi connectivity index (χ4v) is 2.81. The van der Waals surface area contributed by atoms with Crippen LogP contribution in [0, 0.1) is 5.82 Å². The minimum atomic E-state index is -0.467. The van der Waals surface area contributed by atoms with Crippen LogP contribution in [0.2, 0.25) is 0 Å². The zero-order valence-corrected chi connectivity index (χ0v) is 13.5. The zero-order valence-electron chi connectivity index (χ0n) is 13.5. The molecule has 2 rings (SSSR count). The largest absolute Gasteiger partial charge is 0.340 e. The Morgan fingerprint density at radius 1 is 1.22 bits per heavy atom. The summed E-state index contributed by atoms with van der Waals surface area (Å²) in [5.41, 5.74) is 6.24. The average Bonchev–Trinajstić information content (AvgIpc) is 2.79. The van der Waals surface area contributed by atoms with Gasteiger partial charge in [-0.05, 0) is 31.0 Å². The van der Waals surface area contributed by atoms with Crippen molar-refractivity contribution in [2.24, 2.45) is 5.73 Å². The quantitative estimate of drug-likeness (QED) is 0.916. The Bertz CT molecular complexity index is 565. The van der Waals surface area contributed by atoms with Gasteiger partial charge in [-0.15, -0.1) is 0 Å². The van der Waals surface area contributed by atoms with Gasteiger partial charge >= 0.3 is 0 Å². The monoisotopic (exact) mass is 321 g/mol. The Morgan fingerprint density at radius 2 is 1.91 bits per heavy atom. The second-order valence-corrected chi connectivity index (χ2v) is 5.88. The number of benzene rings is 1. The highest BCUT2D eigenvalue weighted by molar-refractivity contribution is 5.94. The van der Waals surface area contributed by atoms with E-state index in [0.29, 0.717) is 44.6 Å². The summed E-state index contributed by atoms with van der Waals surface area (Å²) in [5, 5.41) is 0. The fraction of sp³-hybridized carbons (Fsp3) is 0.529. The Hall–Kier alpha value is -1.95. The van der Waals surface area contributed by atoms with Crippen molar-refractivity contribution in [3.63, 3.8) is 0 Å². The maximum Gasteiger partial charge on any atom is 0.254 e. The normalized spacial score (nSPS) is 16.8. The Balaban J connectivity index is 1.98. The van der Waals surface area contributed by atoms with Gasteiger partial charge in [0.05, 0.1) is 6.04 Å². The van der Waals surface area contributed by atoms with E-state index in [1.165, 1.54) is 18.2 Å². The van der Waals surface area contributed by atoms with Gasteiger partial charge in [0.15, 0.2) is 0 Å². The maximum atomic E-state index is 13.3. The summed E-state index contributed by atoms with van der Waals surface area (Å²) in [6.45, 7) is 4.07. The molecule has 5 nitrogen and oxygen atoms in total. The lowest BCUT2D eigenvalue weighted by Gasteiger charge is -2.24. The zero-order chi connectivity index (χ0) is 16.8. The third-order valence-electron chi connectivity index (χ3n) is 4.08. The van der Waals surface area contributed by atoms with Crippen LogP contribution in [-0.2, 0) is 4.79 Å². The van der Waals surface area contributed by atoms with E-state index in [1.807, 2.05) is 6.92 Å². The molecular formula is C17H24FN3O2. The first-order valence-electron chi connectivity index (χ1n) is 8.12. The van der Waals surface area contributed by atoms with Gasteiger partial charge in [-0.25, -0.2) is 4.39 Å². The Labute approximate surface area is 136 Å². The predicted octanol–water partition coefficient (Wildman–Crippen LogP) is 1.63. The van der Waals surface area contributed by atoms with Crippen LogP contribution in [0.4, 0.5) is 4.39 Å². The summed E-state index contributed by atoms with van der Waals surface area (Å²) in [6, 6.07) is 5.23. The van der Waals surface area contributed by atoms with Gasteiger partial charge in [0, 0.05) is 31.7 Å². The molecule has 6 heteroatoms. The van der Waals surface area contributed by atoms with Crippen molar-refractivity contribution in [2.45, 2.75) is 32.2 Å². The summed E-state index contributed by atoms with van der Waals surface area (Å²) >= 11 is 0. The van der Waals surface area contributed by atoms with Gasteiger partial charge in [0.2, 0.25) is 5.91 Å². The van der Waals surface area contributed by atoms with Crippen LogP contribution in [0.15, 0.2) is 24.3 Å². The summed E-state index contributed by atoms with van der Waals surface area (Å²) < 4.78 is 13.3.